The first-order valence-corrected chi connectivity index (χ1v) is 13.6. The van der Waals surface area contributed by atoms with Crippen molar-refractivity contribution in [1.29, 1.82) is 0 Å². The quantitative estimate of drug-likeness (QED) is 0.220. The third kappa shape index (κ3) is 4.58. The zero-order valence-corrected chi connectivity index (χ0v) is 21.7. The number of para-hydroxylation sites is 2. The van der Waals surface area contributed by atoms with Crippen LogP contribution in [0.25, 0.3) is 38.3 Å². The van der Waals surface area contributed by atoms with Gasteiger partial charge in [0.05, 0.1) is 11.9 Å². The third-order valence-electron chi connectivity index (χ3n) is 6.68. The number of pyridine rings is 1. The van der Waals surface area contributed by atoms with Crippen LogP contribution in [0.3, 0.4) is 0 Å². The Hall–Kier alpha value is -5.07. The molecule has 0 aliphatic heterocycles. The fraction of sp³-hybridized carbons (Fsp3) is 0. The fourth-order valence-corrected chi connectivity index (χ4v) is 5.54. The van der Waals surface area contributed by atoms with Gasteiger partial charge in [0, 0.05) is 45.2 Å². The van der Waals surface area contributed by atoms with Gasteiger partial charge in [-0.25, -0.2) is 4.68 Å². The molecule has 0 aliphatic carbocycles. The molecule has 3 heterocycles. The van der Waals surface area contributed by atoms with E-state index in [0.29, 0.717) is 0 Å². The van der Waals surface area contributed by atoms with Crippen LogP contribution in [-0.2, 0) is 0 Å². The number of thiophene rings is 1. The zero-order chi connectivity index (χ0) is 26.0. The SMILES string of the molecule is c1ccc(N(c2ccccc2)c2ccc(-c3cn(-c4cc(-c5cc6ccccc6cn5)cs4)nn3)cc2)cc1. The number of rotatable bonds is 6. The summed E-state index contributed by atoms with van der Waals surface area (Å²) in [6.07, 6.45) is 3.90. The van der Waals surface area contributed by atoms with Crippen LogP contribution < -0.4 is 4.90 Å². The Bertz CT molecular complexity index is 1820. The summed E-state index contributed by atoms with van der Waals surface area (Å²) in [6.45, 7) is 0. The number of benzene rings is 4. The van der Waals surface area contributed by atoms with E-state index in [1.54, 1.807) is 11.3 Å². The van der Waals surface area contributed by atoms with E-state index in [1.165, 1.54) is 5.39 Å². The van der Waals surface area contributed by atoms with Gasteiger partial charge in [0.2, 0.25) is 0 Å². The van der Waals surface area contributed by atoms with Crippen LogP contribution in [0, 0.1) is 0 Å². The summed E-state index contributed by atoms with van der Waals surface area (Å²) >= 11 is 1.63. The Balaban J connectivity index is 1.16. The lowest BCUT2D eigenvalue weighted by Gasteiger charge is -2.25. The predicted molar refractivity (Wildman–Crippen MR) is 160 cm³/mol. The second-order valence-corrected chi connectivity index (χ2v) is 10.1. The number of hydrogen-bond donors (Lipinski definition) is 0. The van der Waals surface area contributed by atoms with Crippen molar-refractivity contribution in [3.05, 3.63) is 139 Å². The molecule has 0 radical (unpaired) electrons. The minimum absolute atomic E-state index is 0.825. The molecule has 0 aliphatic rings. The summed E-state index contributed by atoms with van der Waals surface area (Å²) in [4.78, 5) is 6.91. The zero-order valence-electron chi connectivity index (χ0n) is 20.9. The molecule has 39 heavy (non-hydrogen) atoms. The highest BCUT2D eigenvalue weighted by molar-refractivity contribution is 7.13. The van der Waals surface area contributed by atoms with E-state index in [1.807, 2.05) is 35.3 Å². The minimum Gasteiger partial charge on any atom is -0.311 e. The van der Waals surface area contributed by atoms with Gasteiger partial charge in [0.15, 0.2) is 0 Å². The molecule has 0 spiro atoms. The molecule has 0 amide bonds. The highest BCUT2D eigenvalue weighted by Crippen LogP contribution is 2.35. The van der Waals surface area contributed by atoms with Crippen LogP contribution in [-0.4, -0.2) is 20.0 Å². The molecule has 0 saturated heterocycles. The van der Waals surface area contributed by atoms with E-state index in [0.717, 1.165) is 50.0 Å². The van der Waals surface area contributed by atoms with Crippen LogP contribution >= 0.6 is 11.3 Å². The average Bonchev–Trinajstić information content (AvgIpc) is 3.69. The smallest absolute Gasteiger partial charge is 0.120 e. The van der Waals surface area contributed by atoms with Gasteiger partial charge < -0.3 is 4.90 Å². The molecule has 4 aromatic carbocycles. The van der Waals surface area contributed by atoms with Crippen molar-refractivity contribution in [2.45, 2.75) is 0 Å². The first-order chi connectivity index (χ1) is 19.3. The Kier molecular flexibility index (Phi) is 5.92. The van der Waals surface area contributed by atoms with Crippen molar-refractivity contribution >= 4 is 39.2 Å². The lowest BCUT2D eigenvalue weighted by molar-refractivity contribution is 0.815. The van der Waals surface area contributed by atoms with Crippen molar-refractivity contribution < 1.29 is 0 Å². The summed E-state index contributed by atoms with van der Waals surface area (Å²) in [5, 5.41) is 14.3. The molecule has 6 heteroatoms. The highest BCUT2D eigenvalue weighted by atomic mass is 32.1. The van der Waals surface area contributed by atoms with E-state index in [4.69, 9.17) is 0 Å². The predicted octanol–water partition coefficient (Wildman–Crippen LogP) is 8.68. The van der Waals surface area contributed by atoms with Crippen LogP contribution in [0.1, 0.15) is 0 Å². The summed E-state index contributed by atoms with van der Waals surface area (Å²) in [6, 6.07) is 41.8. The maximum atomic E-state index is 4.66. The molecule has 7 rings (SSSR count). The van der Waals surface area contributed by atoms with E-state index >= 15 is 0 Å². The number of aromatic nitrogens is 4. The Morgan fingerprint density at radius 2 is 1.23 bits per heavy atom. The maximum Gasteiger partial charge on any atom is 0.120 e. The van der Waals surface area contributed by atoms with Crippen molar-refractivity contribution in [1.82, 2.24) is 20.0 Å². The number of anilines is 3. The molecule has 5 nitrogen and oxygen atoms in total. The summed E-state index contributed by atoms with van der Waals surface area (Å²) in [7, 11) is 0. The largest absolute Gasteiger partial charge is 0.311 e. The summed E-state index contributed by atoms with van der Waals surface area (Å²) in [5.74, 6) is 0. The average molecular weight is 522 g/mol. The second kappa shape index (κ2) is 10.0. The van der Waals surface area contributed by atoms with Gasteiger partial charge in [-0.2, -0.15) is 0 Å². The van der Waals surface area contributed by atoms with E-state index in [-0.39, 0.29) is 0 Å². The minimum atomic E-state index is 0.825. The fourth-order valence-electron chi connectivity index (χ4n) is 4.71. The van der Waals surface area contributed by atoms with Crippen LogP contribution in [0.15, 0.2) is 139 Å². The first kappa shape index (κ1) is 23.1. The van der Waals surface area contributed by atoms with Crippen LogP contribution in [0.4, 0.5) is 17.1 Å². The van der Waals surface area contributed by atoms with E-state index in [2.05, 4.69) is 129 Å². The molecule has 0 saturated carbocycles. The molecule has 0 atom stereocenters. The maximum absolute atomic E-state index is 4.66. The number of fused-ring (bicyclic) bond motifs is 1. The van der Waals surface area contributed by atoms with Crippen LogP contribution in [0.5, 0.6) is 0 Å². The molecule has 7 aromatic rings. The third-order valence-corrected chi connectivity index (χ3v) is 7.60. The molecular formula is C33H23N5S. The monoisotopic (exact) mass is 521 g/mol. The molecule has 0 unspecified atom stereocenters. The second-order valence-electron chi connectivity index (χ2n) is 9.19. The number of nitrogens with zero attached hydrogens (tertiary/aromatic N) is 5. The van der Waals surface area contributed by atoms with Gasteiger partial charge in [0.1, 0.15) is 10.7 Å². The van der Waals surface area contributed by atoms with Gasteiger partial charge in [-0.3, -0.25) is 4.98 Å². The molecule has 0 N–H and O–H groups in total. The van der Waals surface area contributed by atoms with Gasteiger partial charge in [-0.15, -0.1) is 16.4 Å². The topological polar surface area (TPSA) is 46.8 Å². The van der Waals surface area contributed by atoms with E-state index < -0.39 is 0 Å². The van der Waals surface area contributed by atoms with Crippen molar-refractivity contribution in [3.63, 3.8) is 0 Å². The first-order valence-electron chi connectivity index (χ1n) is 12.7. The van der Waals surface area contributed by atoms with Gasteiger partial charge in [-0.1, -0.05) is 78.0 Å². The van der Waals surface area contributed by atoms with Crippen molar-refractivity contribution in [3.8, 4) is 27.5 Å². The lowest BCUT2D eigenvalue weighted by atomic mass is 10.1. The Morgan fingerprint density at radius 3 is 1.95 bits per heavy atom. The summed E-state index contributed by atoms with van der Waals surface area (Å²) in [5.41, 5.74) is 7.16. The molecule has 186 valence electrons. The van der Waals surface area contributed by atoms with Gasteiger partial charge in [0.25, 0.3) is 0 Å². The van der Waals surface area contributed by atoms with Gasteiger partial charge >= 0.3 is 0 Å². The Morgan fingerprint density at radius 1 is 0.590 bits per heavy atom. The van der Waals surface area contributed by atoms with Crippen molar-refractivity contribution in [2.24, 2.45) is 0 Å². The van der Waals surface area contributed by atoms with Crippen molar-refractivity contribution in [2.75, 3.05) is 4.90 Å². The normalized spacial score (nSPS) is 11.1. The van der Waals surface area contributed by atoms with Crippen LogP contribution in [0.2, 0.25) is 0 Å². The Labute approximate surface area is 230 Å². The highest BCUT2D eigenvalue weighted by Gasteiger charge is 2.14. The van der Waals surface area contributed by atoms with Gasteiger partial charge in [-0.05, 0) is 53.9 Å². The number of hydrogen-bond acceptors (Lipinski definition) is 5. The molecule has 0 fully saturated rings. The molecule has 0 bridgehead atoms. The molecule has 3 aromatic heterocycles. The lowest BCUT2D eigenvalue weighted by Crippen LogP contribution is -2.09. The van der Waals surface area contributed by atoms with E-state index in [9.17, 15) is 0 Å². The summed E-state index contributed by atoms with van der Waals surface area (Å²) < 4.78 is 1.83. The molecular weight excluding hydrogens is 498 g/mol. The standard InChI is InChI=1S/C33H23N5S/c1-3-11-28(12-4-1)38(29-13-5-2-6-14-29)30-17-15-24(16-18-30)32-22-37(36-35-32)33-20-27(23-39-33)31-19-25-9-7-8-10-26(25)21-34-31/h1-23H.